The van der Waals surface area contributed by atoms with Crippen molar-refractivity contribution >= 4 is 11.8 Å². The third kappa shape index (κ3) is 4.58. The van der Waals surface area contributed by atoms with Crippen LogP contribution in [0.3, 0.4) is 0 Å². The molecule has 2 fully saturated rings. The maximum absolute atomic E-state index is 13.2. The minimum absolute atomic E-state index is 0.126. The van der Waals surface area contributed by atoms with E-state index in [0.717, 1.165) is 37.9 Å². The molecule has 2 saturated heterocycles. The second kappa shape index (κ2) is 8.45. The van der Waals surface area contributed by atoms with Gasteiger partial charge in [0.1, 0.15) is 0 Å². The molecule has 0 aliphatic carbocycles. The zero-order valence-electron chi connectivity index (χ0n) is 14.6. The van der Waals surface area contributed by atoms with Gasteiger partial charge in [-0.2, -0.15) is 0 Å². The van der Waals surface area contributed by atoms with Gasteiger partial charge in [-0.3, -0.25) is 14.5 Å². The Morgan fingerprint density at radius 1 is 1.08 bits per heavy atom. The number of ether oxygens (including phenoxy) is 1. The SMILES string of the molecule is NC(=O)CN1CCCN(C(=O)[C@@H]2CCCO[C@H]2c2ccccc2)CC1. The van der Waals surface area contributed by atoms with E-state index in [1.165, 1.54) is 0 Å². The summed E-state index contributed by atoms with van der Waals surface area (Å²) >= 11 is 0. The molecule has 0 bridgehead atoms. The molecule has 1 aromatic rings. The molecule has 25 heavy (non-hydrogen) atoms. The summed E-state index contributed by atoms with van der Waals surface area (Å²) in [6.07, 6.45) is 2.48. The van der Waals surface area contributed by atoms with E-state index < -0.39 is 0 Å². The predicted octanol–water partition coefficient (Wildman–Crippen LogP) is 1.17. The first-order valence-corrected chi connectivity index (χ1v) is 9.11. The highest BCUT2D eigenvalue weighted by atomic mass is 16.5. The van der Waals surface area contributed by atoms with Crippen LogP contribution in [-0.4, -0.2) is 60.9 Å². The summed E-state index contributed by atoms with van der Waals surface area (Å²) < 4.78 is 5.97. The molecule has 0 aromatic heterocycles. The molecule has 2 aliphatic heterocycles. The van der Waals surface area contributed by atoms with Gasteiger partial charge in [0, 0.05) is 32.8 Å². The summed E-state index contributed by atoms with van der Waals surface area (Å²) in [7, 11) is 0. The third-order valence-corrected chi connectivity index (χ3v) is 5.05. The number of rotatable bonds is 4. The number of nitrogens with two attached hydrogens (primary N) is 1. The van der Waals surface area contributed by atoms with E-state index >= 15 is 0 Å². The summed E-state index contributed by atoms with van der Waals surface area (Å²) in [6.45, 7) is 3.83. The first-order chi connectivity index (χ1) is 12.1. The average Bonchev–Trinajstić information content (AvgIpc) is 2.87. The lowest BCUT2D eigenvalue weighted by molar-refractivity contribution is -0.145. The standard InChI is InChI=1S/C19H27N3O3/c20-17(23)14-21-9-5-10-22(12-11-21)19(24)16-8-4-13-25-18(16)15-6-2-1-3-7-15/h1-3,6-7,16,18H,4-5,8-14H2,(H2,20,23)/t16-,18+/m1/s1. The summed E-state index contributed by atoms with van der Waals surface area (Å²) in [5.74, 6) is -0.266. The maximum Gasteiger partial charge on any atom is 0.231 e. The Balaban J connectivity index is 1.67. The van der Waals surface area contributed by atoms with Crippen LogP contribution in [-0.2, 0) is 14.3 Å². The van der Waals surface area contributed by atoms with Crippen LogP contribution in [0, 0.1) is 5.92 Å². The second-order valence-corrected chi connectivity index (χ2v) is 6.87. The molecule has 0 radical (unpaired) electrons. The topological polar surface area (TPSA) is 75.9 Å². The van der Waals surface area contributed by atoms with Crippen LogP contribution in [0.5, 0.6) is 0 Å². The van der Waals surface area contributed by atoms with Crippen LogP contribution in [0.25, 0.3) is 0 Å². The fourth-order valence-corrected chi connectivity index (χ4v) is 3.81. The van der Waals surface area contributed by atoms with Crippen molar-refractivity contribution in [3.8, 4) is 0 Å². The van der Waals surface area contributed by atoms with Gasteiger partial charge < -0.3 is 15.4 Å². The van der Waals surface area contributed by atoms with E-state index in [4.69, 9.17) is 10.5 Å². The van der Waals surface area contributed by atoms with Crippen molar-refractivity contribution in [3.05, 3.63) is 35.9 Å². The summed E-state index contributed by atoms with van der Waals surface area (Å²) in [5, 5.41) is 0. The second-order valence-electron chi connectivity index (χ2n) is 6.87. The molecule has 2 heterocycles. The Bertz CT molecular complexity index is 593. The Hall–Kier alpha value is -1.92. The molecule has 0 unspecified atom stereocenters. The molecule has 0 saturated carbocycles. The maximum atomic E-state index is 13.2. The molecule has 0 spiro atoms. The first kappa shape index (κ1) is 17.9. The van der Waals surface area contributed by atoms with Crippen molar-refractivity contribution in [2.75, 3.05) is 39.3 Å². The van der Waals surface area contributed by atoms with Gasteiger partial charge in [-0.05, 0) is 24.8 Å². The Kier molecular flexibility index (Phi) is 6.04. The fourth-order valence-electron chi connectivity index (χ4n) is 3.81. The molecular formula is C19H27N3O3. The first-order valence-electron chi connectivity index (χ1n) is 9.11. The van der Waals surface area contributed by atoms with Crippen LogP contribution >= 0.6 is 0 Å². The summed E-state index contributed by atoms with van der Waals surface area (Å²) in [4.78, 5) is 28.3. The van der Waals surface area contributed by atoms with Gasteiger partial charge in [-0.25, -0.2) is 0 Å². The number of nitrogens with zero attached hydrogens (tertiary/aromatic N) is 2. The number of carbonyl (C=O) groups excluding carboxylic acids is 2. The fraction of sp³-hybridized carbons (Fsp3) is 0.579. The Labute approximate surface area is 148 Å². The van der Waals surface area contributed by atoms with E-state index in [2.05, 4.69) is 0 Å². The van der Waals surface area contributed by atoms with Gasteiger partial charge in [0.25, 0.3) is 0 Å². The predicted molar refractivity (Wildman–Crippen MR) is 94.7 cm³/mol. The lowest BCUT2D eigenvalue weighted by Crippen LogP contribution is -2.43. The Morgan fingerprint density at radius 3 is 2.64 bits per heavy atom. The van der Waals surface area contributed by atoms with Crippen LogP contribution < -0.4 is 5.73 Å². The molecule has 136 valence electrons. The van der Waals surface area contributed by atoms with Gasteiger partial charge in [0.2, 0.25) is 11.8 Å². The highest BCUT2D eigenvalue weighted by molar-refractivity contribution is 5.80. The van der Waals surface area contributed by atoms with E-state index in [0.29, 0.717) is 19.7 Å². The van der Waals surface area contributed by atoms with Gasteiger partial charge in [-0.1, -0.05) is 30.3 Å². The highest BCUT2D eigenvalue weighted by Gasteiger charge is 2.36. The lowest BCUT2D eigenvalue weighted by atomic mass is 9.88. The summed E-state index contributed by atoms with van der Waals surface area (Å²) in [5.41, 5.74) is 6.37. The molecule has 6 heteroatoms. The van der Waals surface area contributed by atoms with E-state index in [1.807, 2.05) is 40.1 Å². The monoisotopic (exact) mass is 345 g/mol. The molecule has 2 aliphatic rings. The molecule has 3 rings (SSSR count). The number of amides is 2. The van der Waals surface area contributed by atoms with E-state index in [9.17, 15) is 9.59 Å². The van der Waals surface area contributed by atoms with Gasteiger partial charge in [0.05, 0.1) is 18.6 Å². The van der Waals surface area contributed by atoms with Crippen molar-refractivity contribution in [1.29, 1.82) is 0 Å². The smallest absolute Gasteiger partial charge is 0.231 e. The molecule has 2 atom stereocenters. The highest BCUT2D eigenvalue weighted by Crippen LogP contribution is 2.35. The van der Waals surface area contributed by atoms with Gasteiger partial charge in [-0.15, -0.1) is 0 Å². The van der Waals surface area contributed by atoms with E-state index in [1.54, 1.807) is 0 Å². The third-order valence-electron chi connectivity index (χ3n) is 5.05. The van der Waals surface area contributed by atoms with Crippen molar-refractivity contribution in [2.45, 2.75) is 25.4 Å². The van der Waals surface area contributed by atoms with Crippen LogP contribution in [0.15, 0.2) is 30.3 Å². The zero-order chi connectivity index (χ0) is 17.6. The molecule has 2 amide bonds. The van der Waals surface area contributed by atoms with Crippen LogP contribution in [0.2, 0.25) is 0 Å². The molecule has 6 nitrogen and oxygen atoms in total. The van der Waals surface area contributed by atoms with Gasteiger partial charge in [0.15, 0.2) is 0 Å². The normalized spacial score (nSPS) is 25.4. The van der Waals surface area contributed by atoms with Crippen molar-refractivity contribution in [3.63, 3.8) is 0 Å². The van der Waals surface area contributed by atoms with Crippen molar-refractivity contribution < 1.29 is 14.3 Å². The zero-order valence-corrected chi connectivity index (χ0v) is 14.6. The van der Waals surface area contributed by atoms with Crippen molar-refractivity contribution in [2.24, 2.45) is 11.7 Å². The molecule has 1 aromatic carbocycles. The minimum Gasteiger partial charge on any atom is -0.373 e. The number of carbonyl (C=O) groups is 2. The molecule has 2 N–H and O–H groups in total. The average molecular weight is 345 g/mol. The quantitative estimate of drug-likeness (QED) is 0.889. The number of hydrogen-bond acceptors (Lipinski definition) is 4. The number of benzene rings is 1. The van der Waals surface area contributed by atoms with E-state index in [-0.39, 0.29) is 30.4 Å². The lowest BCUT2D eigenvalue weighted by Gasteiger charge is -2.34. The van der Waals surface area contributed by atoms with Crippen LogP contribution in [0.4, 0.5) is 0 Å². The van der Waals surface area contributed by atoms with Crippen LogP contribution in [0.1, 0.15) is 30.9 Å². The minimum atomic E-state index is -0.315. The Morgan fingerprint density at radius 2 is 1.88 bits per heavy atom. The number of hydrogen-bond donors (Lipinski definition) is 1. The number of primary amides is 1. The molecular weight excluding hydrogens is 318 g/mol. The van der Waals surface area contributed by atoms with Crippen molar-refractivity contribution in [1.82, 2.24) is 9.80 Å². The van der Waals surface area contributed by atoms with Gasteiger partial charge >= 0.3 is 0 Å². The summed E-state index contributed by atoms with van der Waals surface area (Å²) in [6, 6.07) is 10.0. The largest absolute Gasteiger partial charge is 0.373 e.